The van der Waals surface area contributed by atoms with E-state index in [2.05, 4.69) is 43.7 Å². The van der Waals surface area contributed by atoms with Gasteiger partial charge in [0, 0.05) is 31.1 Å². The van der Waals surface area contributed by atoms with Gasteiger partial charge in [0.25, 0.3) is 0 Å². The van der Waals surface area contributed by atoms with Gasteiger partial charge in [-0.05, 0) is 32.0 Å². The number of rotatable bonds is 6. The van der Waals surface area contributed by atoms with Gasteiger partial charge in [0.05, 0.1) is 6.54 Å². The molecule has 2 aliphatic heterocycles. The first-order chi connectivity index (χ1) is 12.8. The van der Waals surface area contributed by atoms with Crippen molar-refractivity contribution in [2.75, 3.05) is 26.2 Å². The second-order valence-electron chi connectivity index (χ2n) is 7.06. The molecular weight excluding hydrogens is 362 g/mol. The first-order valence-electron chi connectivity index (χ1n) is 9.52. The Bertz CT molecular complexity index is 755. The molecule has 1 saturated heterocycles. The van der Waals surface area contributed by atoms with Gasteiger partial charge in [-0.2, -0.15) is 0 Å². The molecule has 0 saturated carbocycles. The highest BCUT2D eigenvalue weighted by Gasteiger charge is 2.27. The first kappa shape index (κ1) is 19.9. The number of halogens is 1. The number of para-hydroxylation sites is 1. The topological polar surface area (TPSA) is 55.2 Å². The normalized spacial score (nSPS) is 17.8. The van der Waals surface area contributed by atoms with E-state index in [1.54, 1.807) is 6.08 Å². The maximum atomic E-state index is 5.80. The number of fused-ring (bicyclic) bond motifs is 1. The molecular formula is C20H28ClN5O. The van der Waals surface area contributed by atoms with Crippen molar-refractivity contribution in [3.63, 3.8) is 0 Å². The molecule has 3 heterocycles. The summed E-state index contributed by atoms with van der Waals surface area (Å²) in [5.41, 5.74) is 1.25. The summed E-state index contributed by atoms with van der Waals surface area (Å²) in [7, 11) is 0. The van der Waals surface area contributed by atoms with E-state index in [0.29, 0.717) is 12.5 Å². The smallest absolute Gasteiger partial charge is 0.147 e. The Hall–Kier alpha value is -1.89. The number of nitrogens with zero attached hydrogens (tertiary/aromatic N) is 4. The van der Waals surface area contributed by atoms with Crippen LogP contribution in [0.25, 0.3) is 0 Å². The van der Waals surface area contributed by atoms with Crippen LogP contribution in [0.4, 0.5) is 0 Å². The Kier molecular flexibility index (Phi) is 6.88. The fraction of sp³-hybridized carbons (Fsp3) is 0.500. The third kappa shape index (κ3) is 4.51. The Balaban J connectivity index is 0.00000210. The van der Waals surface area contributed by atoms with Crippen LogP contribution in [0.1, 0.15) is 36.0 Å². The van der Waals surface area contributed by atoms with Crippen LogP contribution in [0.15, 0.2) is 36.9 Å². The maximum absolute atomic E-state index is 5.80. The van der Waals surface area contributed by atoms with Crippen LogP contribution < -0.4 is 10.1 Å². The average Bonchev–Trinajstić information content (AvgIpc) is 3.12. The molecule has 0 unspecified atom stereocenters. The van der Waals surface area contributed by atoms with Gasteiger partial charge in [-0.3, -0.25) is 4.90 Å². The minimum atomic E-state index is 0. The standard InChI is InChI=1S/C20H27N5O.ClH/c1-2-13-26-18-6-4-3-5-17(18)15-24-10-7-16(8-11-24)20-23-22-19-14-21-9-12-25(19)20;/h2-6,16,21H,1,7-15H2;1H. The van der Waals surface area contributed by atoms with Crippen LogP contribution in [-0.4, -0.2) is 45.9 Å². The zero-order chi connectivity index (χ0) is 17.8. The van der Waals surface area contributed by atoms with Crippen molar-refractivity contribution in [1.82, 2.24) is 25.0 Å². The molecule has 1 fully saturated rings. The molecule has 1 N–H and O–H groups in total. The summed E-state index contributed by atoms with van der Waals surface area (Å²) in [6.07, 6.45) is 4.07. The van der Waals surface area contributed by atoms with E-state index in [9.17, 15) is 0 Å². The van der Waals surface area contributed by atoms with E-state index in [1.807, 2.05) is 12.1 Å². The lowest BCUT2D eigenvalue weighted by atomic mass is 9.95. The third-order valence-corrected chi connectivity index (χ3v) is 5.33. The lowest BCUT2D eigenvalue weighted by molar-refractivity contribution is 0.197. The van der Waals surface area contributed by atoms with Crippen LogP contribution >= 0.6 is 12.4 Å². The molecule has 0 spiro atoms. The fourth-order valence-corrected chi connectivity index (χ4v) is 3.93. The van der Waals surface area contributed by atoms with Crippen LogP contribution in [0.2, 0.25) is 0 Å². The van der Waals surface area contributed by atoms with Gasteiger partial charge < -0.3 is 14.6 Å². The summed E-state index contributed by atoms with van der Waals surface area (Å²) < 4.78 is 8.13. The van der Waals surface area contributed by atoms with Gasteiger partial charge in [-0.1, -0.05) is 30.9 Å². The van der Waals surface area contributed by atoms with Crippen molar-refractivity contribution in [2.24, 2.45) is 0 Å². The molecule has 0 aliphatic carbocycles. The number of ether oxygens (including phenoxy) is 1. The Labute approximate surface area is 167 Å². The number of nitrogens with one attached hydrogen (secondary N) is 1. The summed E-state index contributed by atoms with van der Waals surface area (Å²) in [6, 6.07) is 8.31. The predicted molar refractivity (Wildman–Crippen MR) is 108 cm³/mol. The zero-order valence-corrected chi connectivity index (χ0v) is 16.5. The quantitative estimate of drug-likeness (QED) is 0.770. The summed E-state index contributed by atoms with van der Waals surface area (Å²) in [6.45, 7) is 10.2. The molecule has 0 bridgehead atoms. The second kappa shape index (κ2) is 9.35. The Morgan fingerprint density at radius 3 is 2.81 bits per heavy atom. The second-order valence-corrected chi connectivity index (χ2v) is 7.06. The van der Waals surface area contributed by atoms with Crippen LogP contribution in [-0.2, 0) is 19.6 Å². The molecule has 0 atom stereocenters. The lowest BCUT2D eigenvalue weighted by Crippen LogP contribution is -2.34. The van der Waals surface area contributed by atoms with Gasteiger partial charge in [-0.25, -0.2) is 0 Å². The number of hydrogen-bond donors (Lipinski definition) is 1. The van der Waals surface area contributed by atoms with Crippen molar-refractivity contribution in [2.45, 2.75) is 38.4 Å². The number of hydrogen-bond acceptors (Lipinski definition) is 5. The third-order valence-electron chi connectivity index (χ3n) is 5.33. The van der Waals surface area contributed by atoms with Gasteiger partial charge in [0.15, 0.2) is 0 Å². The number of aromatic nitrogens is 3. The highest BCUT2D eigenvalue weighted by Crippen LogP contribution is 2.29. The zero-order valence-electron chi connectivity index (χ0n) is 15.6. The molecule has 27 heavy (non-hydrogen) atoms. The molecule has 1 aromatic carbocycles. The van der Waals surface area contributed by atoms with Crippen LogP contribution in [0.3, 0.4) is 0 Å². The van der Waals surface area contributed by atoms with E-state index in [1.165, 1.54) is 11.4 Å². The highest BCUT2D eigenvalue weighted by molar-refractivity contribution is 5.85. The first-order valence-corrected chi connectivity index (χ1v) is 9.52. The van der Waals surface area contributed by atoms with E-state index in [-0.39, 0.29) is 12.4 Å². The number of piperidine rings is 1. The van der Waals surface area contributed by atoms with Gasteiger partial charge in [-0.15, -0.1) is 22.6 Å². The minimum Gasteiger partial charge on any atom is -0.489 e. The Morgan fingerprint density at radius 2 is 2.00 bits per heavy atom. The lowest BCUT2D eigenvalue weighted by Gasteiger charge is -2.32. The molecule has 4 rings (SSSR count). The van der Waals surface area contributed by atoms with Crippen LogP contribution in [0, 0.1) is 0 Å². The molecule has 2 aliphatic rings. The molecule has 2 aromatic rings. The summed E-state index contributed by atoms with van der Waals surface area (Å²) in [4.78, 5) is 2.52. The number of benzene rings is 1. The summed E-state index contributed by atoms with van der Waals surface area (Å²) in [5.74, 6) is 3.77. The molecule has 0 amide bonds. The van der Waals surface area contributed by atoms with Gasteiger partial charge >= 0.3 is 0 Å². The van der Waals surface area contributed by atoms with Crippen molar-refractivity contribution >= 4 is 12.4 Å². The molecule has 0 radical (unpaired) electrons. The van der Waals surface area contributed by atoms with E-state index in [0.717, 1.165) is 63.7 Å². The van der Waals surface area contributed by atoms with Crippen LogP contribution in [0.5, 0.6) is 5.75 Å². The van der Waals surface area contributed by atoms with Crippen molar-refractivity contribution < 1.29 is 4.74 Å². The highest BCUT2D eigenvalue weighted by atomic mass is 35.5. The summed E-state index contributed by atoms with van der Waals surface area (Å²) in [5, 5.41) is 12.2. The van der Waals surface area contributed by atoms with Gasteiger partial charge in [0.1, 0.15) is 24.0 Å². The van der Waals surface area contributed by atoms with Crippen molar-refractivity contribution in [1.29, 1.82) is 0 Å². The van der Waals surface area contributed by atoms with Crippen molar-refractivity contribution in [3.8, 4) is 5.75 Å². The number of likely N-dealkylation sites (tertiary alicyclic amines) is 1. The van der Waals surface area contributed by atoms with E-state index in [4.69, 9.17) is 4.74 Å². The monoisotopic (exact) mass is 389 g/mol. The van der Waals surface area contributed by atoms with Crippen molar-refractivity contribution in [3.05, 3.63) is 54.1 Å². The van der Waals surface area contributed by atoms with E-state index >= 15 is 0 Å². The predicted octanol–water partition coefficient (Wildman–Crippen LogP) is 2.75. The average molecular weight is 390 g/mol. The maximum Gasteiger partial charge on any atom is 0.147 e. The largest absolute Gasteiger partial charge is 0.489 e. The SMILES string of the molecule is C=CCOc1ccccc1CN1CCC(c2nnc3n2CCNC3)CC1.Cl. The van der Waals surface area contributed by atoms with Gasteiger partial charge in [0.2, 0.25) is 0 Å². The Morgan fingerprint density at radius 1 is 1.19 bits per heavy atom. The molecule has 1 aromatic heterocycles. The minimum absolute atomic E-state index is 0. The molecule has 146 valence electrons. The molecule has 6 nitrogen and oxygen atoms in total. The van der Waals surface area contributed by atoms with E-state index < -0.39 is 0 Å². The summed E-state index contributed by atoms with van der Waals surface area (Å²) >= 11 is 0. The fourth-order valence-electron chi connectivity index (χ4n) is 3.93. The molecule has 7 heteroatoms.